The number of hydrogen-bond acceptors (Lipinski definition) is 3. The van der Waals surface area contributed by atoms with Gasteiger partial charge < -0.3 is 10.2 Å². The summed E-state index contributed by atoms with van der Waals surface area (Å²) < 4.78 is 0. The lowest BCUT2D eigenvalue weighted by Crippen LogP contribution is -2.35. The van der Waals surface area contributed by atoms with Gasteiger partial charge in [-0.05, 0) is 25.8 Å². The van der Waals surface area contributed by atoms with E-state index in [1.54, 1.807) is 0 Å². The fourth-order valence-corrected chi connectivity index (χ4v) is 1.43. The molecule has 0 aliphatic rings. The van der Waals surface area contributed by atoms with Crippen LogP contribution >= 0.6 is 0 Å². The molecule has 0 spiro atoms. The molecule has 0 aromatic rings. The fraction of sp³-hybridized carbons (Fsp3) is 0.667. The highest BCUT2D eigenvalue weighted by Gasteiger charge is 2.12. The van der Waals surface area contributed by atoms with Crippen LogP contribution in [0.2, 0.25) is 0 Å². The Morgan fingerprint density at radius 2 is 1.59 bits per heavy atom. The van der Waals surface area contributed by atoms with Crippen LogP contribution in [0, 0.1) is 0 Å². The fourth-order valence-electron chi connectivity index (χ4n) is 1.43. The van der Waals surface area contributed by atoms with Crippen molar-refractivity contribution in [1.82, 2.24) is 4.90 Å². The van der Waals surface area contributed by atoms with E-state index in [0.717, 1.165) is 25.7 Å². The number of carboxylic acids is 2. The average molecular weight is 243 g/mol. The molecule has 0 unspecified atom stereocenters. The molecule has 5 heteroatoms. The quantitative estimate of drug-likeness (QED) is 0.450. The highest BCUT2D eigenvalue weighted by molar-refractivity contribution is 5.72. The van der Waals surface area contributed by atoms with Crippen molar-refractivity contribution in [2.45, 2.75) is 32.6 Å². The summed E-state index contributed by atoms with van der Waals surface area (Å²) in [7, 11) is 0. The van der Waals surface area contributed by atoms with Crippen molar-refractivity contribution < 1.29 is 19.8 Å². The molecule has 0 saturated heterocycles. The summed E-state index contributed by atoms with van der Waals surface area (Å²) in [6, 6.07) is 0. The molecule has 2 N–H and O–H groups in total. The number of nitrogens with zero attached hydrogens (tertiary/aromatic N) is 1. The molecular weight excluding hydrogens is 222 g/mol. The van der Waals surface area contributed by atoms with Crippen molar-refractivity contribution in [2.24, 2.45) is 0 Å². The minimum atomic E-state index is -0.993. The summed E-state index contributed by atoms with van der Waals surface area (Å²) in [5, 5.41) is 17.2. The lowest BCUT2D eigenvalue weighted by Gasteiger charge is -2.16. The van der Waals surface area contributed by atoms with Gasteiger partial charge in [0, 0.05) is 0 Å². The van der Waals surface area contributed by atoms with Crippen LogP contribution in [0.1, 0.15) is 32.6 Å². The van der Waals surface area contributed by atoms with Gasteiger partial charge in [0.25, 0.3) is 0 Å². The molecule has 0 rings (SSSR count). The summed E-state index contributed by atoms with van der Waals surface area (Å²) in [5.74, 6) is -1.99. The van der Waals surface area contributed by atoms with Crippen molar-refractivity contribution in [3.05, 3.63) is 12.2 Å². The highest BCUT2D eigenvalue weighted by atomic mass is 16.4. The van der Waals surface area contributed by atoms with Crippen molar-refractivity contribution >= 4 is 11.9 Å². The Morgan fingerprint density at radius 3 is 2.06 bits per heavy atom. The Hall–Kier alpha value is -1.36. The normalized spacial score (nSPS) is 11.2. The van der Waals surface area contributed by atoms with Gasteiger partial charge in [-0.3, -0.25) is 14.5 Å². The number of allylic oxidation sites excluding steroid dienone is 2. The topological polar surface area (TPSA) is 77.8 Å². The summed E-state index contributed by atoms with van der Waals surface area (Å²) in [6.07, 6.45) is 7.95. The van der Waals surface area contributed by atoms with E-state index in [4.69, 9.17) is 10.2 Å². The molecule has 0 heterocycles. The molecule has 0 aliphatic heterocycles. The van der Waals surface area contributed by atoms with Crippen LogP contribution < -0.4 is 0 Å². The molecule has 0 saturated carbocycles. The van der Waals surface area contributed by atoms with E-state index in [9.17, 15) is 9.59 Å². The molecule has 17 heavy (non-hydrogen) atoms. The van der Waals surface area contributed by atoms with E-state index >= 15 is 0 Å². The molecule has 98 valence electrons. The zero-order valence-electron chi connectivity index (χ0n) is 10.3. The first-order valence-electron chi connectivity index (χ1n) is 5.87. The number of unbranched alkanes of at least 4 members (excludes halogenated alkanes) is 2. The monoisotopic (exact) mass is 243 g/mol. The summed E-state index contributed by atoms with van der Waals surface area (Å²) in [5.41, 5.74) is 0. The van der Waals surface area contributed by atoms with Gasteiger partial charge in [-0.1, -0.05) is 25.5 Å². The first-order chi connectivity index (χ1) is 8.06. The lowest BCUT2D eigenvalue weighted by molar-refractivity contribution is -0.141. The zero-order chi connectivity index (χ0) is 13.1. The van der Waals surface area contributed by atoms with Gasteiger partial charge in [-0.25, -0.2) is 0 Å². The first kappa shape index (κ1) is 15.6. The zero-order valence-corrected chi connectivity index (χ0v) is 10.3. The summed E-state index contributed by atoms with van der Waals surface area (Å²) >= 11 is 0. The van der Waals surface area contributed by atoms with E-state index in [1.165, 1.54) is 4.90 Å². The molecule has 0 bridgehead atoms. The second-order valence-corrected chi connectivity index (χ2v) is 3.90. The molecule has 0 amide bonds. The number of hydrogen-bond donors (Lipinski definition) is 2. The Morgan fingerprint density at radius 1 is 1.06 bits per heavy atom. The lowest BCUT2D eigenvalue weighted by atomic mass is 10.2. The number of carbonyl (C=O) groups is 2. The Bertz CT molecular complexity index is 247. The van der Waals surface area contributed by atoms with Crippen LogP contribution in [-0.4, -0.2) is 46.7 Å². The van der Waals surface area contributed by atoms with E-state index in [2.05, 4.69) is 19.1 Å². The van der Waals surface area contributed by atoms with Gasteiger partial charge in [0.2, 0.25) is 0 Å². The Balaban J connectivity index is 3.82. The smallest absolute Gasteiger partial charge is 0.317 e. The summed E-state index contributed by atoms with van der Waals surface area (Å²) in [4.78, 5) is 22.5. The van der Waals surface area contributed by atoms with Gasteiger partial charge >= 0.3 is 11.9 Å². The van der Waals surface area contributed by atoms with Crippen LogP contribution in [0.4, 0.5) is 0 Å². The highest BCUT2D eigenvalue weighted by Crippen LogP contribution is 1.98. The van der Waals surface area contributed by atoms with Gasteiger partial charge in [0.15, 0.2) is 0 Å². The van der Waals surface area contributed by atoms with Crippen molar-refractivity contribution in [3.63, 3.8) is 0 Å². The standard InChI is InChI=1S/C12H21NO4/c1-2-3-4-5-6-7-8-13(9-11(14)15)10-12(16)17/h4-5H,2-3,6-10H2,1H3,(H,14,15)(H,16,17)/b5-4+. The van der Waals surface area contributed by atoms with E-state index in [1.807, 2.05) is 0 Å². The minimum absolute atomic E-state index is 0.217. The number of aliphatic carboxylic acids is 2. The molecule has 0 aromatic heterocycles. The third kappa shape index (κ3) is 10.9. The molecular formula is C12H21NO4. The third-order valence-electron chi connectivity index (χ3n) is 2.18. The molecule has 0 aromatic carbocycles. The largest absolute Gasteiger partial charge is 0.480 e. The van der Waals surface area contributed by atoms with Crippen LogP contribution in [0.5, 0.6) is 0 Å². The van der Waals surface area contributed by atoms with Gasteiger partial charge in [-0.2, -0.15) is 0 Å². The SMILES string of the molecule is CCC/C=C/CCCN(CC(=O)O)CC(=O)O. The Labute approximate surface area is 102 Å². The third-order valence-corrected chi connectivity index (χ3v) is 2.18. The van der Waals surface area contributed by atoms with Gasteiger partial charge in [0.05, 0.1) is 13.1 Å². The molecule has 0 atom stereocenters. The maximum absolute atomic E-state index is 10.5. The van der Waals surface area contributed by atoms with Gasteiger partial charge in [-0.15, -0.1) is 0 Å². The van der Waals surface area contributed by atoms with E-state index < -0.39 is 11.9 Å². The number of rotatable bonds is 10. The van der Waals surface area contributed by atoms with Crippen LogP contribution in [0.25, 0.3) is 0 Å². The predicted octanol–water partition coefficient (Wildman–Crippen LogP) is 1.59. The molecule has 0 aliphatic carbocycles. The summed E-state index contributed by atoms with van der Waals surface area (Å²) in [6.45, 7) is 2.16. The molecule has 5 nitrogen and oxygen atoms in total. The maximum Gasteiger partial charge on any atom is 0.317 e. The van der Waals surface area contributed by atoms with Crippen LogP contribution in [-0.2, 0) is 9.59 Å². The van der Waals surface area contributed by atoms with Crippen molar-refractivity contribution in [3.8, 4) is 0 Å². The van der Waals surface area contributed by atoms with Crippen LogP contribution in [0.15, 0.2) is 12.2 Å². The second-order valence-electron chi connectivity index (χ2n) is 3.90. The first-order valence-corrected chi connectivity index (χ1v) is 5.87. The van der Waals surface area contributed by atoms with E-state index in [-0.39, 0.29) is 13.1 Å². The Kier molecular flexibility index (Phi) is 9.05. The predicted molar refractivity (Wildman–Crippen MR) is 65.0 cm³/mol. The van der Waals surface area contributed by atoms with E-state index in [0.29, 0.717) is 6.54 Å². The van der Waals surface area contributed by atoms with Gasteiger partial charge in [0.1, 0.15) is 0 Å². The van der Waals surface area contributed by atoms with Crippen molar-refractivity contribution in [1.29, 1.82) is 0 Å². The maximum atomic E-state index is 10.5. The van der Waals surface area contributed by atoms with Crippen molar-refractivity contribution in [2.75, 3.05) is 19.6 Å². The van der Waals surface area contributed by atoms with Crippen LogP contribution in [0.3, 0.4) is 0 Å². The average Bonchev–Trinajstić information content (AvgIpc) is 2.21. The molecule has 0 radical (unpaired) electrons. The second kappa shape index (κ2) is 9.84. The number of carboxylic acid groups (broad SMARTS) is 2. The minimum Gasteiger partial charge on any atom is -0.480 e. The molecule has 0 fully saturated rings.